The topological polar surface area (TPSA) is 71.1 Å². The van der Waals surface area contributed by atoms with Crippen molar-refractivity contribution in [2.45, 2.75) is 44.6 Å². The van der Waals surface area contributed by atoms with Gasteiger partial charge in [0, 0.05) is 23.5 Å². The quantitative estimate of drug-likeness (QED) is 0.817. The van der Waals surface area contributed by atoms with Gasteiger partial charge in [-0.05, 0) is 49.2 Å². The molecular weight excluding hydrogens is 333 g/mol. The predicted molar refractivity (Wildman–Crippen MR) is 97.5 cm³/mol. The second kappa shape index (κ2) is 8.56. The summed E-state index contributed by atoms with van der Waals surface area (Å²) in [6.45, 7) is 0. The molecule has 1 aliphatic carbocycles. The lowest BCUT2D eigenvalue weighted by molar-refractivity contribution is 0.0933. The molecule has 5 nitrogen and oxygen atoms in total. The highest BCUT2D eigenvalue weighted by Gasteiger charge is 2.17. The Hall–Kier alpha value is -2.76. The summed E-state index contributed by atoms with van der Waals surface area (Å²) in [6, 6.07) is 8.73. The molecular formula is C20H22FN3O2. The van der Waals surface area contributed by atoms with E-state index < -0.39 is 5.91 Å². The molecule has 0 unspecified atom stereocenters. The highest BCUT2D eigenvalue weighted by atomic mass is 19.1. The molecule has 1 heterocycles. The summed E-state index contributed by atoms with van der Waals surface area (Å²) >= 11 is 0. The van der Waals surface area contributed by atoms with E-state index in [1.165, 1.54) is 49.4 Å². The van der Waals surface area contributed by atoms with Gasteiger partial charge in [0.2, 0.25) is 0 Å². The lowest BCUT2D eigenvalue weighted by Gasteiger charge is -2.16. The van der Waals surface area contributed by atoms with Gasteiger partial charge in [-0.3, -0.25) is 14.6 Å². The number of carbonyl (C=O) groups is 2. The van der Waals surface area contributed by atoms with Gasteiger partial charge in [0.05, 0.1) is 0 Å². The Kier molecular flexibility index (Phi) is 5.94. The molecule has 1 aliphatic rings. The van der Waals surface area contributed by atoms with Gasteiger partial charge < -0.3 is 10.6 Å². The monoisotopic (exact) mass is 355 g/mol. The van der Waals surface area contributed by atoms with E-state index in [-0.39, 0.29) is 23.5 Å². The van der Waals surface area contributed by atoms with Gasteiger partial charge in [-0.2, -0.15) is 0 Å². The van der Waals surface area contributed by atoms with Crippen molar-refractivity contribution in [1.82, 2.24) is 10.3 Å². The molecule has 26 heavy (non-hydrogen) atoms. The second-order valence-electron chi connectivity index (χ2n) is 6.55. The number of pyridine rings is 1. The lowest BCUT2D eigenvalue weighted by Crippen LogP contribution is -2.34. The van der Waals surface area contributed by atoms with Crippen LogP contribution < -0.4 is 10.6 Å². The predicted octanol–water partition coefficient (Wildman–Crippen LogP) is 3.93. The average molecular weight is 355 g/mol. The van der Waals surface area contributed by atoms with E-state index in [0.29, 0.717) is 11.3 Å². The maximum absolute atomic E-state index is 12.9. The third kappa shape index (κ3) is 4.88. The fourth-order valence-electron chi connectivity index (χ4n) is 3.12. The van der Waals surface area contributed by atoms with Crippen LogP contribution in [-0.2, 0) is 0 Å². The van der Waals surface area contributed by atoms with E-state index in [9.17, 15) is 14.0 Å². The molecule has 2 aromatic rings. The van der Waals surface area contributed by atoms with E-state index in [4.69, 9.17) is 0 Å². The first kappa shape index (κ1) is 18.0. The summed E-state index contributed by atoms with van der Waals surface area (Å²) in [5, 5.41) is 5.70. The number of nitrogens with one attached hydrogen (secondary N) is 2. The summed E-state index contributed by atoms with van der Waals surface area (Å²) in [4.78, 5) is 28.8. The van der Waals surface area contributed by atoms with Gasteiger partial charge in [-0.15, -0.1) is 0 Å². The van der Waals surface area contributed by atoms with Gasteiger partial charge in [0.25, 0.3) is 11.8 Å². The molecule has 136 valence electrons. The summed E-state index contributed by atoms with van der Waals surface area (Å²) < 4.78 is 12.9. The molecule has 1 saturated carbocycles. The minimum absolute atomic E-state index is 0.142. The molecule has 0 spiro atoms. The number of anilines is 1. The standard InChI is InChI=1S/C20H22FN3O2/c21-15-7-9-17(10-8-15)24-20(26)18-13-14(11-12-22-18)19(25)23-16-5-3-1-2-4-6-16/h7-13,16H,1-6H2,(H,23,25)(H,24,26). The smallest absolute Gasteiger partial charge is 0.274 e. The zero-order valence-electron chi connectivity index (χ0n) is 14.5. The third-order valence-corrected chi connectivity index (χ3v) is 4.55. The molecule has 2 N–H and O–H groups in total. The first-order valence-electron chi connectivity index (χ1n) is 8.95. The minimum atomic E-state index is -0.444. The molecule has 1 fully saturated rings. The van der Waals surface area contributed by atoms with Crippen LogP contribution >= 0.6 is 0 Å². The van der Waals surface area contributed by atoms with Crippen LogP contribution in [0.2, 0.25) is 0 Å². The SMILES string of the molecule is O=C(NC1CCCCCC1)c1ccnc(C(=O)Nc2ccc(F)cc2)c1. The number of hydrogen-bond donors (Lipinski definition) is 2. The number of carbonyl (C=O) groups excluding carboxylic acids is 2. The van der Waals surface area contributed by atoms with Crippen LogP contribution in [0.1, 0.15) is 59.4 Å². The average Bonchev–Trinajstić information content (AvgIpc) is 2.92. The first-order valence-corrected chi connectivity index (χ1v) is 8.95. The van der Waals surface area contributed by atoms with Gasteiger partial charge in [-0.1, -0.05) is 25.7 Å². The molecule has 0 atom stereocenters. The van der Waals surface area contributed by atoms with Gasteiger partial charge >= 0.3 is 0 Å². The molecule has 3 rings (SSSR count). The van der Waals surface area contributed by atoms with E-state index in [1.807, 2.05) is 0 Å². The number of hydrogen-bond acceptors (Lipinski definition) is 3. The van der Waals surface area contributed by atoms with Crippen molar-refractivity contribution in [3.8, 4) is 0 Å². The van der Waals surface area contributed by atoms with Crippen LogP contribution in [0.15, 0.2) is 42.6 Å². The van der Waals surface area contributed by atoms with E-state index in [2.05, 4.69) is 15.6 Å². The Balaban J connectivity index is 1.65. The maximum atomic E-state index is 12.9. The van der Waals surface area contributed by atoms with Crippen LogP contribution in [-0.4, -0.2) is 22.8 Å². The Bertz CT molecular complexity index is 769. The summed E-state index contributed by atoms with van der Waals surface area (Å²) in [5.74, 6) is -1.01. The van der Waals surface area contributed by atoms with Crippen molar-refractivity contribution in [1.29, 1.82) is 0 Å². The van der Waals surface area contributed by atoms with E-state index in [0.717, 1.165) is 25.7 Å². The van der Waals surface area contributed by atoms with Crippen LogP contribution in [0.4, 0.5) is 10.1 Å². The normalized spacial score (nSPS) is 15.1. The van der Waals surface area contributed by atoms with Crippen molar-refractivity contribution in [2.24, 2.45) is 0 Å². The van der Waals surface area contributed by atoms with Gasteiger partial charge in [0.1, 0.15) is 11.5 Å². The Morgan fingerprint density at radius 3 is 2.35 bits per heavy atom. The highest BCUT2D eigenvalue weighted by molar-refractivity contribution is 6.04. The zero-order chi connectivity index (χ0) is 18.4. The second-order valence-corrected chi connectivity index (χ2v) is 6.55. The molecule has 2 amide bonds. The number of rotatable bonds is 4. The summed E-state index contributed by atoms with van der Waals surface area (Å²) in [7, 11) is 0. The van der Waals surface area contributed by atoms with Crippen molar-refractivity contribution in [2.75, 3.05) is 5.32 Å². The Labute approximate surface area is 152 Å². The largest absolute Gasteiger partial charge is 0.349 e. The number of amides is 2. The molecule has 0 radical (unpaired) electrons. The number of aromatic nitrogens is 1. The Morgan fingerprint density at radius 2 is 1.65 bits per heavy atom. The molecule has 0 bridgehead atoms. The fourth-order valence-corrected chi connectivity index (χ4v) is 3.12. The molecule has 6 heteroatoms. The van der Waals surface area contributed by atoms with E-state index in [1.54, 1.807) is 6.07 Å². The van der Waals surface area contributed by atoms with Gasteiger partial charge in [-0.25, -0.2) is 4.39 Å². The summed E-state index contributed by atoms with van der Waals surface area (Å²) in [5.41, 5.74) is 1.02. The maximum Gasteiger partial charge on any atom is 0.274 e. The van der Waals surface area contributed by atoms with Crippen molar-refractivity contribution >= 4 is 17.5 Å². The minimum Gasteiger partial charge on any atom is -0.349 e. The number of benzene rings is 1. The Morgan fingerprint density at radius 1 is 0.962 bits per heavy atom. The third-order valence-electron chi connectivity index (χ3n) is 4.55. The molecule has 0 aliphatic heterocycles. The van der Waals surface area contributed by atoms with E-state index >= 15 is 0 Å². The number of nitrogens with zero attached hydrogens (tertiary/aromatic N) is 1. The van der Waals surface area contributed by atoms with Crippen molar-refractivity contribution < 1.29 is 14.0 Å². The zero-order valence-corrected chi connectivity index (χ0v) is 14.5. The summed E-state index contributed by atoms with van der Waals surface area (Å²) in [6.07, 6.45) is 8.13. The molecule has 1 aromatic heterocycles. The van der Waals surface area contributed by atoms with Gasteiger partial charge in [0.15, 0.2) is 0 Å². The van der Waals surface area contributed by atoms with Crippen molar-refractivity contribution in [3.05, 3.63) is 59.7 Å². The van der Waals surface area contributed by atoms with Crippen LogP contribution in [0.5, 0.6) is 0 Å². The lowest BCUT2D eigenvalue weighted by atomic mass is 10.1. The highest BCUT2D eigenvalue weighted by Crippen LogP contribution is 2.18. The molecule has 0 saturated heterocycles. The first-order chi connectivity index (χ1) is 12.6. The van der Waals surface area contributed by atoms with Crippen LogP contribution in [0.3, 0.4) is 0 Å². The number of halogens is 1. The fraction of sp³-hybridized carbons (Fsp3) is 0.350. The molecule has 1 aromatic carbocycles. The van der Waals surface area contributed by atoms with Crippen LogP contribution in [0.25, 0.3) is 0 Å². The van der Waals surface area contributed by atoms with Crippen molar-refractivity contribution in [3.63, 3.8) is 0 Å². The van der Waals surface area contributed by atoms with Crippen LogP contribution in [0, 0.1) is 5.82 Å².